The Kier molecular flexibility index (Phi) is 3.71. The molecule has 0 amide bonds. The molecule has 2 nitrogen and oxygen atoms in total. The van der Waals surface area contributed by atoms with Crippen molar-refractivity contribution in [3.63, 3.8) is 0 Å². The average molecular weight is 224 g/mol. The van der Waals surface area contributed by atoms with Gasteiger partial charge in [0.1, 0.15) is 5.76 Å². The fourth-order valence-corrected chi connectivity index (χ4v) is 1.35. The molecule has 0 fully saturated rings. The van der Waals surface area contributed by atoms with Crippen LogP contribution in [-0.4, -0.2) is 5.78 Å². The summed E-state index contributed by atoms with van der Waals surface area (Å²) in [5.41, 5.74) is 1.01. The molecule has 0 saturated heterocycles. The maximum absolute atomic E-state index is 11.5. The van der Waals surface area contributed by atoms with E-state index in [0.717, 1.165) is 5.56 Å². The fourth-order valence-electron chi connectivity index (χ4n) is 1.35. The molecule has 0 radical (unpaired) electrons. The molecule has 0 bridgehead atoms. The second-order valence-electron chi connectivity index (χ2n) is 3.50. The van der Waals surface area contributed by atoms with Gasteiger partial charge in [-0.2, -0.15) is 0 Å². The zero-order valence-electron chi connectivity index (χ0n) is 9.24. The third-order valence-electron chi connectivity index (χ3n) is 2.19. The van der Waals surface area contributed by atoms with Gasteiger partial charge in [-0.15, -0.1) is 0 Å². The van der Waals surface area contributed by atoms with Gasteiger partial charge < -0.3 is 4.42 Å². The second-order valence-corrected chi connectivity index (χ2v) is 3.50. The summed E-state index contributed by atoms with van der Waals surface area (Å²) in [6.45, 7) is 0. The SMILES string of the molecule is O=C(/C=C\c1ccccc1)/C=C\c1ccco1. The van der Waals surface area contributed by atoms with Gasteiger partial charge in [0.2, 0.25) is 0 Å². The predicted molar refractivity (Wildman–Crippen MR) is 68.2 cm³/mol. The van der Waals surface area contributed by atoms with Crippen LogP contribution in [0.1, 0.15) is 11.3 Å². The van der Waals surface area contributed by atoms with Gasteiger partial charge in [-0.3, -0.25) is 4.79 Å². The van der Waals surface area contributed by atoms with Crippen molar-refractivity contribution >= 4 is 17.9 Å². The largest absolute Gasteiger partial charge is 0.465 e. The lowest BCUT2D eigenvalue weighted by Gasteiger charge is -1.89. The maximum Gasteiger partial charge on any atom is 0.178 e. The first-order valence-electron chi connectivity index (χ1n) is 5.33. The average Bonchev–Trinajstić information content (AvgIpc) is 2.88. The molecule has 0 aliphatic heterocycles. The summed E-state index contributed by atoms with van der Waals surface area (Å²) in [5, 5.41) is 0. The minimum Gasteiger partial charge on any atom is -0.465 e. The number of hydrogen-bond acceptors (Lipinski definition) is 2. The van der Waals surface area contributed by atoms with Crippen molar-refractivity contribution in [3.05, 3.63) is 72.2 Å². The van der Waals surface area contributed by atoms with E-state index in [1.165, 1.54) is 12.2 Å². The first-order valence-corrected chi connectivity index (χ1v) is 5.33. The molecule has 0 N–H and O–H groups in total. The van der Waals surface area contributed by atoms with Crippen LogP contribution in [0.3, 0.4) is 0 Å². The van der Waals surface area contributed by atoms with Gasteiger partial charge in [-0.05, 0) is 35.9 Å². The highest BCUT2D eigenvalue weighted by Gasteiger charge is 1.91. The van der Waals surface area contributed by atoms with Crippen LogP contribution in [0.5, 0.6) is 0 Å². The van der Waals surface area contributed by atoms with E-state index in [9.17, 15) is 4.79 Å². The van der Waals surface area contributed by atoms with Crippen molar-refractivity contribution < 1.29 is 9.21 Å². The standard InChI is InChI=1S/C15H12O2/c16-14(10-11-15-7-4-12-17-15)9-8-13-5-2-1-3-6-13/h1-12H/b9-8-,11-10-. The minimum atomic E-state index is -0.0646. The second kappa shape index (κ2) is 5.66. The van der Waals surface area contributed by atoms with Gasteiger partial charge in [-0.1, -0.05) is 36.4 Å². The topological polar surface area (TPSA) is 30.2 Å². The Morgan fingerprint density at radius 1 is 0.941 bits per heavy atom. The Bertz CT molecular complexity index is 519. The van der Waals surface area contributed by atoms with Crippen LogP contribution in [0.2, 0.25) is 0 Å². The number of benzene rings is 1. The maximum atomic E-state index is 11.5. The summed E-state index contributed by atoms with van der Waals surface area (Å²) in [5.74, 6) is 0.608. The molecule has 17 heavy (non-hydrogen) atoms. The van der Waals surface area contributed by atoms with Crippen LogP contribution < -0.4 is 0 Å². The van der Waals surface area contributed by atoms with E-state index in [2.05, 4.69) is 0 Å². The normalized spacial score (nSPS) is 11.3. The summed E-state index contributed by atoms with van der Waals surface area (Å²) in [4.78, 5) is 11.5. The van der Waals surface area contributed by atoms with Crippen molar-refractivity contribution in [2.75, 3.05) is 0 Å². The van der Waals surface area contributed by atoms with Crippen molar-refractivity contribution in [2.45, 2.75) is 0 Å². The fraction of sp³-hybridized carbons (Fsp3) is 0. The van der Waals surface area contributed by atoms with Crippen molar-refractivity contribution in [2.24, 2.45) is 0 Å². The van der Waals surface area contributed by atoms with Crippen LogP contribution >= 0.6 is 0 Å². The highest BCUT2D eigenvalue weighted by molar-refractivity contribution is 6.04. The molecule has 2 rings (SSSR count). The Morgan fingerprint density at radius 2 is 1.71 bits per heavy atom. The van der Waals surface area contributed by atoms with Crippen LogP contribution in [0.15, 0.2) is 65.3 Å². The van der Waals surface area contributed by atoms with E-state index in [1.807, 2.05) is 30.3 Å². The quantitative estimate of drug-likeness (QED) is 0.743. The Morgan fingerprint density at radius 3 is 2.41 bits per heavy atom. The molecule has 0 unspecified atom stereocenters. The van der Waals surface area contributed by atoms with Gasteiger partial charge in [0.15, 0.2) is 5.78 Å². The van der Waals surface area contributed by atoms with E-state index < -0.39 is 0 Å². The molecule has 0 saturated carbocycles. The van der Waals surface area contributed by atoms with Crippen LogP contribution in [0, 0.1) is 0 Å². The lowest BCUT2D eigenvalue weighted by molar-refractivity contribution is -0.110. The van der Waals surface area contributed by atoms with Gasteiger partial charge in [0.05, 0.1) is 6.26 Å². The van der Waals surface area contributed by atoms with E-state index in [1.54, 1.807) is 30.5 Å². The molecule has 1 aromatic carbocycles. The lowest BCUT2D eigenvalue weighted by atomic mass is 10.2. The number of rotatable bonds is 4. The molecule has 2 heteroatoms. The van der Waals surface area contributed by atoms with E-state index in [-0.39, 0.29) is 5.78 Å². The highest BCUT2D eigenvalue weighted by atomic mass is 16.3. The molecule has 1 heterocycles. The molecule has 84 valence electrons. The predicted octanol–water partition coefficient (Wildman–Crippen LogP) is 3.58. The molecular weight excluding hydrogens is 212 g/mol. The lowest BCUT2D eigenvalue weighted by Crippen LogP contribution is -1.84. The summed E-state index contributed by atoms with van der Waals surface area (Å²) in [6.07, 6.45) is 8.03. The van der Waals surface area contributed by atoms with Gasteiger partial charge in [0.25, 0.3) is 0 Å². The minimum absolute atomic E-state index is 0.0646. The zero-order chi connectivity index (χ0) is 11.9. The third kappa shape index (κ3) is 3.61. The summed E-state index contributed by atoms with van der Waals surface area (Å²) in [7, 11) is 0. The number of furan rings is 1. The molecular formula is C15H12O2. The molecule has 0 aliphatic rings. The summed E-state index contributed by atoms with van der Waals surface area (Å²) < 4.78 is 5.08. The van der Waals surface area contributed by atoms with Crippen LogP contribution in [0.25, 0.3) is 12.2 Å². The molecule has 0 aliphatic carbocycles. The zero-order valence-corrected chi connectivity index (χ0v) is 9.24. The monoisotopic (exact) mass is 224 g/mol. The Balaban J connectivity index is 1.96. The van der Waals surface area contributed by atoms with E-state index >= 15 is 0 Å². The smallest absolute Gasteiger partial charge is 0.178 e. The summed E-state index contributed by atoms with van der Waals surface area (Å²) in [6, 6.07) is 13.3. The van der Waals surface area contributed by atoms with E-state index in [0.29, 0.717) is 5.76 Å². The van der Waals surface area contributed by atoms with Gasteiger partial charge in [0, 0.05) is 0 Å². The van der Waals surface area contributed by atoms with Gasteiger partial charge in [-0.25, -0.2) is 0 Å². The third-order valence-corrected chi connectivity index (χ3v) is 2.19. The van der Waals surface area contributed by atoms with E-state index in [4.69, 9.17) is 4.42 Å². The number of carbonyl (C=O) groups excluding carboxylic acids is 1. The number of allylic oxidation sites excluding steroid dienone is 2. The van der Waals surface area contributed by atoms with Crippen molar-refractivity contribution in [3.8, 4) is 0 Å². The van der Waals surface area contributed by atoms with Gasteiger partial charge >= 0.3 is 0 Å². The first kappa shape index (κ1) is 11.1. The Hall–Kier alpha value is -2.35. The first-order chi connectivity index (χ1) is 8.34. The highest BCUT2D eigenvalue weighted by Crippen LogP contribution is 2.04. The molecule has 2 aromatic rings. The Labute approximate surface area is 99.9 Å². The molecule has 0 atom stereocenters. The number of ketones is 1. The van der Waals surface area contributed by atoms with Crippen LogP contribution in [0.4, 0.5) is 0 Å². The molecule has 0 spiro atoms. The number of hydrogen-bond donors (Lipinski definition) is 0. The van der Waals surface area contributed by atoms with Crippen molar-refractivity contribution in [1.29, 1.82) is 0 Å². The summed E-state index contributed by atoms with van der Waals surface area (Å²) >= 11 is 0. The van der Waals surface area contributed by atoms with Crippen molar-refractivity contribution in [1.82, 2.24) is 0 Å². The number of carbonyl (C=O) groups is 1. The van der Waals surface area contributed by atoms with Crippen LogP contribution in [-0.2, 0) is 4.79 Å². The molecule has 1 aromatic heterocycles.